The Labute approximate surface area is 218 Å². The van der Waals surface area contributed by atoms with E-state index in [1.807, 2.05) is 6.92 Å². The molecule has 6 atom stereocenters. The summed E-state index contributed by atoms with van der Waals surface area (Å²) in [7, 11) is 1.42. The maximum atomic E-state index is 11.9. The van der Waals surface area contributed by atoms with E-state index in [2.05, 4.69) is 19.1 Å². The van der Waals surface area contributed by atoms with E-state index in [1.165, 1.54) is 14.0 Å². The van der Waals surface area contributed by atoms with Crippen LogP contribution in [-0.2, 0) is 28.5 Å². The van der Waals surface area contributed by atoms with Crippen LogP contribution in [0.2, 0.25) is 0 Å². The highest BCUT2D eigenvalue weighted by Gasteiger charge is 2.45. The predicted molar refractivity (Wildman–Crippen MR) is 139 cm³/mol. The third kappa shape index (κ3) is 11.3. The Kier molecular flexibility index (Phi) is 14.0. The average molecular weight is 511 g/mol. The molecule has 0 aromatic carbocycles. The first-order chi connectivity index (χ1) is 17.3. The largest absolute Gasteiger partial charge is 0.469 e. The molecule has 2 aliphatic rings. The van der Waals surface area contributed by atoms with Crippen LogP contribution in [0.5, 0.6) is 0 Å². The van der Waals surface area contributed by atoms with Gasteiger partial charge < -0.3 is 24.1 Å². The zero-order valence-electron chi connectivity index (χ0n) is 23.0. The number of rotatable bonds is 16. The van der Waals surface area contributed by atoms with Crippen molar-refractivity contribution < 1.29 is 33.6 Å². The van der Waals surface area contributed by atoms with Gasteiger partial charge >= 0.3 is 11.9 Å². The highest BCUT2D eigenvalue weighted by Crippen LogP contribution is 2.42. The molecular formula is C29H50O7. The molecule has 1 saturated heterocycles. The number of hydrogen-bond acceptors (Lipinski definition) is 7. The van der Waals surface area contributed by atoms with Crippen molar-refractivity contribution in [3.63, 3.8) is 0 Å². The lowest BCUT2D eigenvalue weighted by Gasteiger charge is -2.29. The number of methoxy groups -OCH3 is 1. The van der Waals surface area contributed by atoms with Crippen molar-refractivity contribution in [1.82, 2.24) is 0 Å². The normalized spacial score (nSPS) is 28.2. The van der Waals surface area contributed by atoms with Crippen molar-refractivity contribution in [2.75, 3.05) is 13.7 Å². The van der Waals surface area contributed by atoms with Crippen LogP contribution in [0.4, 0.5) is 0 Å². The predicted octanol–water partition coefficient (Wildman–Crippen LogP) is 5.87. The van der Waals surface area contributed by atoms with Gasteiger partial charge in [0.25, 0.3) is 0 Å². The zero-order chi connectivity index (χ0) is 26.4. The van der Waals surface area contributed by atoms with Crippen LogP contribution < -0.4 is 0 Å². The topological polar surface area (TPSA) is 91.3 Å². The molecule has 0 aromatic rings. The summed E-state index contributed by atoms with van der Waals surface area (Å²) in [5.41, 5.74) is -0.724. The highest BCUT2D eigenvalue weighted by atomic mass is 16.7. The lowest BCUT2D eigenvalue weighted by atomic mass is 9.87. The summed E-state index contributed by atoms with van der Waals surface area (Å²) in [5, 5.41) is 10.8. The number of carbonyl (C=O) groups is 2. The SMILES string of the molecule is CCCCC(C)(O)C/C=C/[C@@H]1[C@@H](CCCCCCC(=O)OC)[C@@H](OC(C)=O)C[C@H]1OC1CCCCO1. The van der Waals surface area contributed by atoms with E-state index in [-0.39, 0.29) is 42.3 Å². The van der Waals surface area contributed by atoms with Gasteiger partial charge in [0.15, 0.2) is 6.29 Å². The third-order valence-electron chi connectivity index (χ3n) is 7.53. The molecular weight excluding hydrogens is 460 g/mol. The highest BCUT2D eigenvalue weighted by molar-refractivity contribution is 5.69. The summed E-state index contributed by atoms with van der Waals surface area (Å²) in [6, 6.07) is 0. The van der Waals surface area contributed by atoms with Crippen molar-refractivity contribution in [2.45, 2.75) is 135 Å². The minimum Gasteiger partial charge on any atom is -0.469 e. The average Bonchev–Trinajstić information content (AvgIpc) is 3.15. The summed E-state index contributed by atoms with van der Waals surface area (Å²) < 4.78 is 22.8. The number of aliphatic hydroxyl groups is 1. The van der Waals surface area contributed by atoms with Gasteiger partial charge in [0.1, 0.15) is 6.10 Å². The van der Waals surface area contributed by atoms with Crippen LogP contribution in [0, 0.1) is 11.8 Å². The second-order valence-electron chi connectivity index (χ2n) is 10.9. The lowest BCUT2D eigenvalue weighted by molar-refractivity contribution is -0.193. The van der Waals surface area contributed by atoms with Crippen molar-refractivity contribution in [3.05, 3.63) is 12.2 Å². The van der Waals surface area contributed by atoms with Crippen molar-refractivity contribution >= 4 is 11.9 Å². The zero-order valence-corrected chi connectivity index (χ0v) is 23.0. The molecule has 2 fully saturated rings. The van der Waals surface area contributed by atoms with E-state index in [4.69, 9.17) is 18.9 Å². The molecule has 1 aliphatic heterocycles. The maximum absolute atomic E-state index is 11.9. The number of carbonyl (C=O) groups excluding carboxylic acids is 2. The molecule has 0 radical (unpaired) electrons. The van der Waals surface area contributed by atoms with Gasteiger partial charge in [0.2, 0.25) is 0 Å². The van der Waals surface area contributed by atoms with E-state index in [9.17, 15) is 14.7 Å². The van der Waals surface area contributed by atoms with Gasteiger partial charge in [-0.25, -0.2) is 0 Å². The van der Waals surface area contributed by atoms with Gasteiger partial charge in [0.05, 0.1) is 18.8 Å². The Morgan fingerprint density at radius 2 is 1.89 bits per heavy atom. The van der Waals surface area contributed by atoms with Crippen LogP contribution in [0.3, 0.4) is 0 Å². The first kappa shape index (κ1) is 30.8. The first-order valence-corrected chi connectivity index (χ1v) is 14.2. The molecule has 0 aromatic heterocycles. The molecule has 0 spiro atoms. The summed E-state index contributed by atoms with van der Waals surface area (Å²) in [6.07, 6.45) is 16.1. The molecule has 0 amide bonds. The molecule has 36 heavy (non-hydrogen) atoms. The Morgan fingerprint density at radius 1 is 1.11 bits per heavy atom. The Morgan fingerprint density at radius 3 is 2.56 bits per heavy atom. The smallest absolute Gasteiger partial charge is 0.305 e. The number of hydrogen-bond donors (Lipinski definition) is 1. The van der Waals surface area contributed by atoms with E-state index >= 15 is 0 Å². The minimum atomic E-state index is -0.724. The molecule has 208 valence electrons. The summed E-state index contributed by atoms with van der Waals surface area (Å²) in [5.74, 6) is -0.176. The number of unbranched alkanes of at least 4 members (excludes halogenated alkanes) is 4. The first-order valence-electron chi connectivity index (χ1n) is 14.2. The number of esters is 2. The van der Waals surface area contributed by atoms with E-state index in [0.29, 0.717) is 19.3 Å². The second-order valence-corrected chi connectivity index (χ2v) is 10.9. The van der Waals surface area contributed by atoms with Crippen molar-refractivity contribution in [2.24, 2.45) is 11.8 Å². The third-order valence-corrected chi connectivity index (χ3v) is 7.53. The van der Waals surface area contributed by atoms with E-state index < -0.39 is 5.60 Å². The van der Waals surface area contributed by atoms with Crippen LogP contribution in [0.1, 0.15) is 111 Å². The molecule has 1 aliphatic carbocycles. The summed E-state index contributed by atoms with van der Waals surface area (Å²) in [4.78, 5) is 23.3. The molecule has 0 bridgehead atoms. The Balaban J connectivity index is 2.06. The van der Waals surface area contributed by atoms with Crippen LogP contribution >= 0.6 is 0 Å². The van der Waals surface area contributed by atoms with Crippen molar-refractivity contribution in [3.8, 4) is 0 Å². The van der Waals surface area contributed by atoms with Gasteiger partial charge in [-0.3, -0.25) is 9.59 Å². The fraction of sp³-hybridized carbons (Fsp3) is 0.862. The molecule has 7 nitrogen and oxygen atoms in total. The monoisotopic (exact) mass is 510 g/mol. The molecule has 2 unspecified atom stereocenters. The van der Waals surface area contributed by atoms with Crippen LogP contribution in [0.25, 0.3) is 0 Å². The van der Waals surface area contributed by atoms with Gasteiger partial charge in [-0.05, 0) is 51.9 Å². The van der Waals surface area contributed by atoms with Crippen LogP contribution in [-0.4, -0.2) is 54.9 Å². The van der Waals surface area contributed by atoms with Gasteiger partial charge in [0, 0.05) is 38.2 Å². The van der Waals surface area contributed by atoms with Gasteiger partial charge in [-0.2, -0.15) is 0 Å². The number of ether oxygens (including phenoxy) is 4. The standard InChI is InChI=1S/C29H50O7/c1-5-6-18-29(3,32)19-13-15-24-23(14-9-7-8-10-16-27(31)33-4)25(35-22(2)30)21-26(24)36-28-17-11-12-20-34-28/h13,15,23-26,28,32H,5-12,14,16-21H2,1-4H3/b15-13+/t23-,24-,25+,26-,28?,29?/m1/s1. The minimum absolute atomic E-state index is 0.0846. The van der Waals surface area contributed by atoms with Crippen LogP contribution in [0.15, 0.2) is 12.2 Å². The fourth-order valence-corrected chi connectivity index (χ4v) is 5.48. The lowest BCUT2D eigenvalue weighted by Crippen LogP contribution is -2.31. The van der Waals surface area contributed by atoms with Crippen molar-refractivity contribution in [1.29, 1.82) is 0 Å². The molecule has 1 N–H and O–H groups in total. The summed E-state index contributed by atoms with van der Waals surface area (Å²) >= 11 is 0. The maximum Gasteiger partial charge on any atom is 0.305 e. The molecule has 2 rings (SSSR count). The fourth-order valence-electron chi connectivity index (χ4n) is 5.48. The second kappa shape index (κ2) is 16.4. The molecule has 7 heteroatoms. The Bertz CT molecular complexity index is 669. The molecule has 1 saturated carbocycles. The van der Waals surface area contributed by atoms with E-state index in [1.54, 1.807) is 0 Å². The molecule has 1 heterocycles. The van der Waals surface area contributed by atoms with Gasteiger partial charge in [-0.15, -0.1) is 0 Å². The summed E-state index contributed by atoms with van der Waals surface area (Å²) in [6.45, 7) is 6.23. The van der Waals surface area contributed by atoms with E-state index in [0.717, 1.165) is 77.2 Å². The quantitative estimate of drug-likeness (QED) is 0.158. The Hall–Kier alpha value is -1.44. The van der Waals surface area contributed by atoms with Gasteiger partial charge in [-0.1, -0.05) is 51.2 Å².